The van der Waals surface area contributed by atoms with Gasteiger partial charge in [-0.3, -0.25) is 9.89 Å². The van der Waals surface area contributed by atoms with E-state index in [0.717, 1.165) is 11.4 Å². The fourth-order valence-corrected chi connectivity index (χ4v) is 0.928. The highest BCUT2D eigenvalue weighted by molar-refractivity contribution is 5.91. The molecule has 0 saturated carbocycles. The zero-order chi connectivity index (χ0) is 9.68. The SMILES string of the molecule is CNCCC(=O)Nc1cn[nH]c1C. The van der Waals surface area contributed by atoms with Gasteiger partial charge >= 0.3 is 0 Å². The van der Waals surface area contributed by atoms with Crippen LogP contribution in [0, 0.1) is 6.92 Å². The first-order valence-electron chi connectivity index (χ1n) is 4.18. The highest BCUT2D eigenvalue weighted by Gasteiger charge is 2.04. The molecule has 0 unspecified atom stereocenters. The number of anilines is 1. The van der Waals surface area contributed by atoms with E-state index in [1.807, 2.05) is 14.0 Å². The highest BCUT2D eigenvalue weighted by atomic mass is 16.1. The number of amides is 1. The van der Waals surface area contributed by atoms with E-state index in [4.69, 9.17) is 0 Å². The lowest BCUT2D eigenvalue weighted by Gasteiger charge is -2.02. The van der Waals surface area contributed by atoms with Gasteiger partial charge in [-0.1, -0.05) is 0 Å². The Morgan fingerprint density at radius 3 is 3.00 bits per heavy atom. The summed E-state index contributed by atoms with van der Waals surface area (Å²) < 4.78 is 0. The van der Waals surface area contributed by atoms with Gasteiger partial charge in [0, 0.05) is 13.0 Å². The van der Waals surface area contributed by atoms with E-state index in [1.54, 1.807) is 6.20 Å². The summed E-state index contributed by atoms with van der Waals surface area (Å²) in [5, 5.41) is 12.2. The second kappa shape index (κ2) is 4.61. The van der Waals surface area contributed by atoms with E-state index in [9.17, 15) is 4.79 Å². The maximum Gasteiger partial charge on any atom is 0.225 e. The number of nitrogens with one attached hydrogen (secondary N) is 3. The van der Waals surface area contributed by atoms with Crippen molar-refractivity contribution in [1.82, 2.24) is 15.5 Å². The summed E-state index contributed by atoms with van der Waals surface area (Å²) in [6.45, 7) is 2.55. The van der Waals surface area contributed by atoms with E-state index in [-0.39, 0.29) is 5.91 Å². The summed E-state index contributed by atoms with van der Waals surface area (Å²) >= 11 is 0. The number of aromatic amines is 1. The molecule has 1 amide bonds. The largest absolute Gasteiger partial charge is 0.323 e. The van der Waals surface area contributed by atoms with E-state index >= 15 is 0 Å². The first-order chi connectivity index (χ1) is 6.24. The zero-order valence-corrected chi connectivity index (χ0v) is 7.85. The molecule has 72 valence electrons. The van der Waals surface area contributed by atoms with Crippen LogP contribution in [0.5, 0.6) is 0 Å². The van der Waals surface area contributed by atoms with Gasteiger partial charge in [-0.05, 0) is 14.0 Å². The van der Waals surface area contributed by atoms with Crippen molar-refractivity contribution in [1.29, 1.82) is 0 Å². The number of aromatic nitrogens is 2. The van der Waals surface area contributed by atoms with Crippen molar-refractivity contribution in [3.8, 4) is 0 Å². The van der Waals surface area contributed by atoms with Crippen molar-refractivity contribution >= 4 is 11.6 Å². The third-order valence-electron chi connectivity index (χ3n) is 1.71. The summed E-state index contributed by atoms with van der Waals surface area (Å²) in [7, 11) is 1.82. The number of rotatable bonds is 4. The van der Waals surface area contributed by atoms with Crippen LogP contribution >= 0.6 is 0 Å². The molecule has 0 spiro atoms. The first-order valence-corrected chi connectivity index (χ1v) is 4.18. The summed E-state index contributed by atoms with van der Waals surface area (Å²) in [5.74, 6) is -0.00106. The standard InChI is InChI=1S/C8H14N4O/c1-6-7(5-10-12-6)11-8(13)3-4-9-2/h5,9H,3-4H2,1-2H3,(H,10,12)(H,11,13). The van der Waals surface area contributed by atoms with Crippen LogP contribution < -0.4 is 10.6 Å². The van der Waals surface area contributed by atoms with Crippen molar-refractivity contribution < 1.29 is 4.79 Å². The molecule has 5 heteroatoms. The summed E-state index contributed by atoms with van der Waals surface area (Å²) in [6, 6.07) is 0. The second-order valence-corrected chi connectivity index (χ2v) is 2.81. The Kier molecular flexibility index (Phi) is 3.45. The molecule has 0 aliphatic carbocycles. The molecular formula is C8H14N4O. The number of nitrogens with zero attached hydrogens (tertiary/aromatic N) is 1. The molecule has 0 aromatic carbocycles. The fraction of sp³-hybridized carbons (Fsp3) is 0.500. The summed E-state index contributed by atoms with van der Waals surface area (Å²) in [6.07, 6.45) is 2.08. The predicted molar refractivity (Wildman–Crippen MR) is 50.5 cm³/mol. The number of hydrogen-bond donors (Lipinski definition) is 3. The second-order valence-electron chi connectivity index (χ2n) is 2.81. The van der Waals surface area contributed by atoms with Crippen molar-refractivity contribution in [2.45, 2.75) is 13.3 Å². The normalized spacial score (nSPS) is 10.0. The molecule has 1 heterocycles. The predicted octanol–water partition coefficient (Wildman–Crippen LogP) is 0.266. The summed E-state index contributed by atoms with van der Waals surface area (Å²) in [5.41, 5.74) is 1.62. The summed E-state index contributed by atoms with van der Waals surface area (Å²) in [4.78, 5) is 11.2. The number of carbonyl (C=O) groups is 1. The van der Waals surface area contributed by atoms with Crippen LogP contribution in [0.15, 0.2) is 6.20 Å². The number of H-pyrrole nitrogens is 1. The van der Waals surface area contributed by atoms with Gasteiger partial charge in [-0.2, -0.15) is 5.10 Å². The molecule has 0 aliphatic heterocycles. The van der Waals surface area contributed by atoms with Crippen LogP contribution in [0.2, 0.25) is 0 Å². The Morgan fingerprint density at radius 2 is 2.46 bits per heavy atom. The van der Waals surface area contributed by atoms with Gasteiger partial charge < -0.3 is 10.6 Å². The Labute approximate surface area is 76.9 Å². The van der Waals surface area contributed by atoms with Crippen LogP contribution in [-0.4, -0.2) is 29.7 Å². The molecule has 13 heavy (non-hydrogen) atoms. The Bertz CT molecular complexity index is 281. The van der Waals surface area contributed by atoms with Crippen molar-refractivity contribution in [3.63, 3.8) is 0 Å². The van der Waals surface area contributed by atoms with Gasteiger partial charge in [0.25, 0.3) is 0 Å². The average Bonchev–Trinajstić information content (AvgIpc) is 2.48. The minimum atomic E-state index is -0.00106. The Balaban J connectivity index is 2.41. The molecular weight excluding hydrogens is 168 g/mol. The third kappa shape index (κ3) is 2.87. The quantitative estimate of drug-likeness (QED) is 0.625. The van der Waals surface area contributed by atoms with Gasteiger partial charge in [0.1, 0.15) is 0 Å². The van der Waals surface area contributed by atoms with E-state index in [0.29, 0.717) is 13.0 Å². The van der Waals surface area contributed by atoms with Crippen LogP contribution in [0.4, 0.5) is 5.69 Å². The maximum atomic E-state index is 11.2. The molecule has 0 atom stereocenters. The minimum Gasteiger partial charge on any atom is -0.323 e. The lowest BCUT2D eigenvalue weighted by molar-refractivity contribution is -0.116. The van der Waals surface area contributed by atoms with Crippen molar-refractivity contribution in [3.05, 3.63) is 11.9 Å². The van der Waals surface area contributed by atoms with Gasteiger partial charge in [-0.25, -0.2) is 0 Å². The van der Waals surface area contributed by atoms with Gasteiger partial charge in [0.05, 0.1) is 17.6 Å². The van der Waals surface area contributed by atoms with Crippen LogP contribution in [-0.2, 0) is 4.79 Å². The first kappa shape index (κ1) is 9.73. The molecule has 1 aromatic rings. The number of aryl methyl sites for hydroxylation is 1. The molecule has 1 rings (SSSR count). The molecule has 1 aromatic heterocycles. The Morgan fingerprint density at radius 1 is 1.69 bits per heavy atom. The smallest absolute Gasteiger partial charge is 0.225 e. The number of carbonyl (C=O) groups excluding carboxylic acids is 1. The van der Waals surface area contributed by atoms with Gasteiger partial charge in [-0.15, -0.1) is 0 Å². The van der Waals surface area contributed by atoms with Crippen LogP contribution in [0.3, 0.4) is 0 Å². The van der Waals surface area contributed by atoms with Crippen LogP contribution in [0.25, 0.3) is 0 Å². The molecule has 0 aliphatic rings. The molecule has 0 radical (unpaired) electrons. The minimum absolute atomic E-state index is 0.00106. The molecule has 3 N–H and O–H groups in total. The average molecular weight is 182 g/mol. The molecule has 0 saturated heterocycles. The zero-order valence-electron chi connectivity index (χ0n) is 7.85. The van der Waals surface area contributed by atoms with Crippen molar-refractivity contribution in [2.24, 2.45) is 0 Å². The number of hydrogen-bond acceptors (Lipinski definition) is 3. The topological polar surface area (TPSA) is 69.8 Å². The monoisotopic (exact) mass is 182 g/mol. The van der Waals surface area contributed by atoms with E-state index < -0.39 is 0 Å². The third-order valence-corrected chi connectivity index (χ3v) is 1.71. The maximum absolute atomic E-state index is 11.2. The van der Waals surface area contributed by atoms with Gasteiger partial charge in [0.2, 0.25) is 5.91 Å². The van der Waals surface area contributed by atoms with Crippen LogP contribution in [0.1, 0.15) is 12.1 Å². The molecule has 5 nitrogen and oxygen atoms in total. The lowest BCUT2D eigenvalue weighted by atomic mass is 10.3. The van der Waals surface area contributed by atoms with E-state index in [2.05, 4.69) is 20.8 Å². The molecule has 0 fully saturated rings. The van der Waals surface area contributed by atoms with Gasteiger partial charge in [0.15, 0.2) is 0 Å². The van der Waals surface area contributed by atoms with Crippen molar-refractivity contribution in [2.75, 3.05) is 18.9 Å². The fourth-order valence-electron chi connectivity index (χ4n) is 0.928. The Hall–Kier alpha value is -1.36. The highest BCUT2D eigenvalue weighted by Crippen LogP contribution is 2.09. The lowest BCUT2D eigenvalue weighted by Crippen LogP contribution is -2.18. The van der Waals surface area contributed by atoms with E-state index in [1.165, 1.54) is 0 Å². The molecule has 0 bridgehead atoms.